The molecule has 1 amide bonds. The largest absolute Gasteiger partial charge is 0.465 e. The Morgan fingerprint density at radius 1 is 1.38 bits per heavy atom. The van der Waals surface area contributed by atoms with E-state index >= 15 is 0 Å². The Labute approximate surface area is 147 Å². The van der Waals surface area contributed by atoms with Crippen LogP contribution in [-0.2, 0) is 14.3 Å². The van der Waals surface area contributed by atoms with E-state index in [1.54, 1.807) is 11.8 Å². The molecule has 1 aromatic rings. The maximum atomic E-state index is 13.8. The van der Waals surface area contributed by atoms with E-state index in [2.05, 4.69) is 21.2 Å². The molecule has 1 N–H and O–H groups in total. The van der Waals surface area contributed by atoms with Crippen LogP contribution in [0.15, 0.2) is 16.6 Å². The predicted molar refractivity (Wildman–Crippen MR) is 88.5 cm³/mol. The van der Waals surface area contributed by atoms with Crippen molar-refractivity contribution in [3.63, 3.8) is 0 Å². The predicted octanol–water partition coefficient (Wildman–Crippen LogP) is 3.08. The molecule has 1 aliphatic heterocycles. The van der Waals surface area contributed by atoms with E-state index in [0.29, 0.717) is 19.0 Å². The smallest absolute Gasteiger partial charge is 0.323 e. The van der Waals surface area contributed by atoms with Gasteiger partial charge in [-0.1, -0.05) is 6.42 Å². The molecule has 0 aliphatic carbocycles. The summed E-state index contributed by atoms with van der Waals surface area (Å²) in [4.78, 5) is 25.9. The molecule has 0 aromatic heterocycles. The van der Waals surface area contributed by atoms with Gasteiger partial charge < -0.3 is 10.1 Å². The third-order valence-electron chi connectivity index (χ3n) is 3.79. The number of rotatable bonds is 5. The van der Waals surface area contributed by atoms with Crippen molar-refractivity contribution in [1.82, 2.24) is 4.90 Å². The monoisotopic (exact) mass is 404 g/mol. The van der Waals surface area contributed by atoms with Crippen LogP contribution in [0, 0.1) is 11.6 Å². The van der Waals surface area contributed by atoms with Crippen molar-refractivity contribution in [2.75, 3.05) is 25.0 Å². The number of esters is 1. The quantitative estimate of drug-likeness (QED) is 0.766. The molecule has 5 nitrogen and oxygen atoms in total. The lowest BCUT2D eigenvalue weighted by Crippen LogP contribution is -2.48. The average Bonchev–Trinajstić information content (AvgIpc) is 2.51. The molecule has 0 bridgehead atoms. The molecule has 1 aliphatic rings. The molecule has 1 aromatic carbocycles. The van der Waals surface area contributed by atoms with Crippen LogP contribution in [0.1, 0.15) is 26.2 Å². The molecule has 1 fully saturated rings. The highest BCUT2D eigenvalue weighted by molar-refractivity contribution is 9.10. The van der Waals surface area contributed by atoms with E-state index in [1.807, 2.05) is 0 Å². The van der Waals surface area contributed by atoms with Crippen molar-refractivity contribution in [2.45, 2.75) is 32.2 Å². The van der Waals surface area contributed by atoms with Crippen LogP contribution in [-0.4, -0.2) is 42.5 Å². The van der Waals surface area contributed by atoms with Crippen molar-refractivity contribution in [2.24, 2.45) is 0 Å². The number of benzene rings is 1. The number of carbonyl (C=O) groups excluding carboxylic acids is 2. The summed E-state index contributed by atoms with van der Waals surface area (Å²) in [5, 5.41) is 2.42. The van der Waals surface area contributed by atoms with Gasteiger partial charge in [-0.25, -0.2) is 8.78 Å². The van der Waals surface area contributed by atoms with Crippen LogP contribution < -0.4 is 5.32 Å². The van der Waals surface area contributed by atoms with Gasteiger partial charge in [-0.3, -0.25) is 14.5 Å². The first kappa shape index (κ1) is 18.8. The van der Waals surface area contributed by atoms with Crippen molar-refractivity contribution in [3.05, 3.63) is 28.2 Å². The Balaban J connectivity index is 2.04. The molecule has 132 valence electrons. The van der Waals surface area contributed by atoms with Gasteiger partial charge in [0.05, 0.1) is 18.8 Å². The SMILES string of the molecule is CCOC(=O)C1CCCCN1CC(=O)Nc1c(F)cc(F)cc1Br. The highest BCUT2D eigenvalue weighted by atomic mass is 79.9. The molecule has 1 unspecified atom stereocenters. The minimum atomic E-state index is -0.865. The molecule has 1 atom stereocenters. The summed E-state index contributed by atoms with van der Waals surface area (Å²) >= 11 is 3.02. The summed E-state index contributed by atoms with van der Waals surface area (Å²) in [5.41, 5.74) is -0.119. The molecule has 8 heteroatoms. The summed E-state index contributed by atoms with van der Waals surface area (Å²) in [7, 11) is 0. The van der Waals surface area contributed by atoms with Crippen LogP contribution in [0.2, 0.25) is 0 Å². The minimum absolute atomic E-state index is 0.0628. The number of anilines is 1. The zero-order chi connectivity index (χ0) is 17.7. The fraction of sp³-hybridized carbons (Fsp3) is 0.500. The van der Waals surface area contributed by atoms with Gasteiger partial charge in [0.1, 0.15) is 11.9 Å². The molecule has 0 spiro atoms. The maximum Gasteiger partial charge on any atom is 0.323 e. The zero-order valence-electron chi connectivity index (χ0n) is 13.3. The van der Waals surface area contributed by atoms with E-state index in [9.17, 15) is 18.4 Å². The summed E-state index contributed by atoms with van der Waals surface area (Å²) < 4.78 is 32.0. The summed E-state index contributed by atoms with van der Waals surface area (Å²) in [6.45, 7) is 2.53. The number of halogens is 3. The van der Waals surface area contributed by atoms with Crippen molar-refractivity contribution in [3.8, 4) is 0 Å². The molecule has 1 heterocycles. The third-order valence-corrected chi connectivity index (χ3v) is 4.42. The third kappa shape index (κ3) is 4.73. The van der Waals surface area contributed by atoms with Gasteiger partial charge in [0.25, 0.3) is 0 Å². The number of hydrogen-bond acceptors (Lipinski definition) is 4. The molecule has 2 rings (SSSR count). The fourth-order valence-corrected chi connectivity index (χ4v) is 3.22. The van der Waals surface area contributed by atoms with Gasteiger partial charge in [0, 0.05) is 10.5 Å². The Morgan fingerprint density at radius 2 is 2.12 bits per heavy atom. The van der Waals surface area contributed by atoms with Gasteiger partial charge in [-0.05, 0) is 48.3 Å². The zero-order valence-corrected chi connectivity index (χ0v) is 14.9. The highest BCUT2D eigenvalue weighted by Gasteiger charge is 2.31. The topological polar surface area (TPSA) is 58.6 Å². The number of carbonyl (C=O) groups is 2. The number of nitrogens with one attached hydrogen (secondary N) is 1. The van der Waals surface area contributed by atoms with Crippen LogP contribution in [0.3, 0.4) is 0 Å². The number of hydrogen-bond donors (Lipinski definition) is 1. The van der Waals surface area contributed by atoms with E-state index in [1.165, 1.54) is 0 Å². The molecular formula is C16H19BrF2N2O3. The second-order valence-corrected chi connectivity index (χ2v) is 6.38. The first-order chi connectivity index (χ1) is 11.4. The van der Waals surface area contributed by atoms with E-state index < -0.39 is 23.6 Å². The van der Waals surface area contributed by atoms with E-state index in [4.69, 9.17) is 4.74 Å². The summed E-state index contributed by atoms with van der Waals surface area (Å²) in [5.74, 6) is -2.43. The van der Waals surface area contributed by atoms with E-state index in [0.717, 1.165) is 18.9 Å². The summed E-state index contributed by atoms with van der Waals surface area (Å²) in [6, 6.07) is 1.30. The van der Waals surface area contributed by atoms with Crippen molar-refractivity contribution in [1.29, 1.82) is 0 Å². The van der Waals surface area contributed by atoms with Crippen molar-refractivity contribution >= 4 is 33.5 Å². The lowest BCUT2D eigenvalue weighted by atomic mass is 10.0. The van der Waals surface area contributed by atoms with Crippen molar-refractivity contribution < 1.29 is 23.1 Å². The fourth-order valence-electron chi connectivity index (χ4n) is 2.71. The Kier molecular flexibility index (Phi) is 6.68. The Morgan fingerprint density at radius 3 is 2.79 bits per heavy atom. The van der Waals surface area contributed by atoms with Gasteiger partial charge >= 0.3 is 5.97 Å². The molecular weight excluding hydrogens is 386 g/mol. The van der Waals surface area contributed by atoms with Gasteiger partial charge in [0.15, 0.2) is 5.82 Å². The van der Waals surface area contributed by atoms with Gasteiger partial charge in [-0.15, -0.1) is 0 Å². The second kappa shape index (κ2) is 8.53. The lowest BCUT2D eigenvalue weighted by molar-refractivity contribution is -0.151. The second-order valence-electron chi connectivity index (χ2n) is 5.53. The lowest BCUT2D eigenvalue weighted by Gasteiger charge is -2.33. The number of nitrogens with zero attached hydrogens (tertiary/aromatic N) is 1. The average molecular weight is 405 g/mol. The van der Waals surface area contributed by atoms with Crippen LogP contribution in [0.4, 0.5) is 14.5 Å². The van der Waals surface area contributed by atoms with E-state index in [-0.39, 0.29) is 29.3 Å². The van der Waals surface area contributed by atoms with Gasteiger partial charge in [-0.2, -0.15) is 0 Å². The molecule has 0 radical (unpaired) electrons. The Bertz CT molecular complexity index is 604. The highest BCUT2D eigenvalue weighted by Crippen LogP contribution is 2.27. The number of amides is 1. The maximum absolute atomic E-state index is 13.8. The van der Waals surface area contributed by atoms with Crippen LogP contribution in [0.25, 0.3) is 0 Å². The molecule has 1 saturated heterocycles. The van der Waals surface area contributed by atoms with Gasteiger partial charge in [0.2, 0.25) is 5.91 Å². The standard InChI is InChI=1S/C16H19BrF2N2O3/c1-2-24-16(23)13-5-3-4-6-21(13)9-14(22)20-15-11(17)7-10(18)8-12(15)19/h7-8,13H,2-6,9H2,1H3,(H,20,22). The summed E-state index contributed by atoms with van der Waals surface area (Å²) in [6.07, 6.45) is 2.39. The first-order valence-corrected chi connectivity index (χ1v) is 8.56. The minimum Gasteiger partial charge on any atom is -0.465 e. The Hall–Kier alpha value is -1.54. The van der Waals surface area contributed by atoms with Crippen LogP contribution in [0.5, 0.6) is 0 Å². The first-order valence-electron chi connectivity index (χ1n) is 7.77. The molecule has 0 saturated carbocycles. The number of likely N-dealkylation sites (tertiary alicyclic amines) is 1. The number of ether oxygens (including phenoxy) is 1. The van der Waals surface area contributed by atoms with Crippen LogP contribution >= 0.6 is 15.9 Å². The molecule has 24 heavy (non-hydrogen) atoms. The normalized spacial score (nSPS) is 18.2. The number of piperidine rings is 1.